The van der Waals surface area contributed by atoms with Crippen molar-refractivity contribution in [3.05, 3.63) is 59.7 Å². The smallest absolute Gasteiger partial charge is 0.235 e. The maximum Gasteiger partial charge on any atom is 0.235 e. The van der Waals surface area contributed by atoms with Gasteiger partial charge in [0.2, 0.25) is 6.08 Å². The molecular formula is C18H17NO3. The predicted octanol–water partition coefficient (Wildman–Crippen LogP) is 3.60. The lowest BCUT2D eigenvalue weighted by molar-refractivity contribution is 0.279. The predicted molar refractivity (Wildman–Crippen MR) is 82.8 cm³/mol. The molecule has 4 nitrogen and oxygen atoms in total. The minimum absolute atomic E-state index is 0.440. The third-order valence-corrected chi connectivity index (χ3v) is 3.91. The van der Waals surface area contributed by atoms with E-state index >= 15 is 0 Å². The van der Waals surface area contributed by atoms with Gasteiger partial charge in [-0.1, -0.05) is 42.5 Å². The van der Waals surface area contributed by atoms with Crippen LogP contribution in [-0.4, -0.2) is 13.2 Å². The molecule has 0 aromatic heterocycles. The van der Waals surface area contributed by atoms with Crippen molar-refractivity contribution >= 4 is 6.08 Å². The van der Waals surface area contributed by atoms with Crippen molar-refractivity contribution in [2.24, 2.45) is 4.99 Å². The van der Waals surface area contributed by atoms with E-state index < -0.39 is 5.54 Å². The van der Waals surface area contributed by atoms with Gasteiger partial charge in [0.1, 0.15) is 12.1 Å². The van der Waals surface area contributed by atoms with Gasteiger partial charge >= 0.3 is 0 Å². The normalized spacial score (nSPS) is 14.8. The van der Waals surface area contributed by atoms with Crippen LogP contribution in [-0.2, 0) is 16.9 Å². The number of hydrogen-bond acceptors (Lipinski definition) is 4. The summed E-state index contributed by atoms with van der Waals surface area (Å²) in [5.74, 6) is 1.31. The van der Waals surface area contributed by atoms with Gasteiger partial charge in [-0.15, -0.1) is 0 Å². The number of hydrogen-bond donors (Lipinski definition) is 0. The largest absolute Gasteiger partial charge is 0.493 e. The number of para-hydroxylation sites is 1. The molecule has 0 aliphatic heterocycles. The average Bonchev–Trinajstić information content (AvgIpc) is 3.34. The maximum atomic E-state index is 10.7. The average molecular weight is 295 g/mol. The molecule has 0 bridgehead atoms. The van der Waals surface area contributed by atoms with Crippen LogP contribution < -0.4 is 9.47 Å². The van der Waals surface area contributed by atoms with Crippen molar-refractivity contribution in [1.29, 1.82) is 0 Å². The molecule has 1 aliphatic carbocycles. The Bertz CT molecular complexity index is 702. The Labute approximate surface area is 129 Å². The van der Waals surface area contributed by atoms with Crippen LogP contribution in [0.4, 0.5) is 0 Å². The Kier molecular flexibility index (Phi) is 3.94. The van der Waals surface area contributed by atoms with Crippen molar-refractivity contribution in [2.75, 3.05) is 7.11 Å². The summed E-state index contributed by atoms with van der Waals surface area (Å²) in [6.45, 7) is 0.440. The van der Waals surface area contributed by atoms with Gasteiger partial charge in [0, 0.05) is 5.56 Å². The van der Waals surface area contributed by atoms with Crippen molar-refractivity contribution in [2.45, 2.75) is 25.0 Å². The Morgan fingerprint density at radius 2 is 1.91 bits per heavy atom. The molecule has 2 aromatic rings. The monoisotopic (exact) mass is 295 g/mol. The fourth-order valence-electron chi connectivity index (χ4n) is 2.57. The van der Waals surface area contributed by atoms with E-state index in [9.17, 15) is 4.79 Å². The number of ether oxygens (including phenoxy) is 2. The van der Waals surface area contributed by atoms with Crippen molar-refractivity contribution in [3.63, 3.8) is 0 Å². The molecule has 0 unspecified atom stereocenters. The third-order valence-electron chi connectivity index (χ3n) is 3.91. The van der Waals surface area contributed by atoms with E-state index in [-0.39, 0.29) is 0 Å². The number of aliphatic imine (C=N–C) groups is 1. The van der Waals surface area contributed by atoms with Gasteiger partial charge in [0.25, 0.3) is 0 Å². The summed E-state index contributed by atoms with van der Waals surface area (Å²) >= 11 is 0. The number of isocyanates is 1. The summed E-state index contributed by atoms with van der Waals surface area (Å²) in [6.07, 6.45) is 3.35. The molecule has 0 heterocycles. The van der Waals surface area contributed by atoms with E-state index in [1.54, 1.807) is 13.2 Å². The molecule has 4 heteroatoms. The molecular weight excluding hydrogens is 278 g/mol. The van der Waals surface area contributed by atoms with Gasteiger partial charge < -0.3 is 9.47 Å². The Hall–Kier alpha value is -2.58. The van der Waals surface area contributed by atoms with Gasteiger partial charge in [0.15, 0.2) is 11.5 Å². The molecule has 2 aromatic carbocycles. The zero-order chi connectivity index (χ0) is 15.4. The lowest BCUT2D eigenvalue weighted by Gasteiger charge is -2.18. The molecule has 1 saturated carbocycles. The molecule has 0 N–H and O–H groups in total. The van der Waals surface area contributed by atoms with Gasteiger partial charge in [-0.25, -0.2) is 4.79 Å². The lowest BCUT2D eigenvalue weighted by Crippen LogP contribution is -2.08. The Morgan fingerprint density at radius 3 is 2.55 bits per heavy atom. The molecule has 112 valence electrons. The summed E-state index contributed by atoms with van der Waals surface area (Å²) < 4.78 is 11.4. The number of nitrogens with zero attached hydrogens (tertiary/aromatic N) is 1. The highest BCUT2D eigenvalue weighted by Crippen LogP contribution is 2.54. The summed E-state index contributed by atoms with van der Waals surface area (Å²) in [4.78, 5) is 14.7. The van der Waals surface area contributed by atoms with Crippen LogP contribution in [0.5, 0.6) is 11.5 Å². The fraction of sp³-hybridized carbons (Fsp3) is 0.278. The second-order valence-corrected chi connectivity index (χ2v) is 5.35. The first-order chi connectivity index (χ1) is 10.8. The standard InChI is InChI=1S/C18H17NO3/c1-21-16-9-5-8-15(18(10-11-18)19-13-20)17(16)22-12-14-6-3-2-4-7-14/h2-9H,10-12H2,1H3. The first-order valence-corrected chi connectivity index (χ1v) is 7.22. The van der Waals surface area contributed by atoms with Gasteiger partial charge in [0.05, 0.1) is 7.11 Å². The minimum Gasteiger partial charge on any atom is -0.493 e. The van der Waals surface area contributed by atoms with E-state index in [1.165, 1.54) is 0 Å². The molecule has 0 amide bonds. The van der Waals surface area contributed by atoms with Gasteiger partial charge in [-0.05, 0) is 24.5 Å². The zero-order valence-corrected chi connectivity index (χ0v) is 12.4. The van der Waals surface area contributed by atoms with Crippen molar-refractivity contribution in [1.82, 2.24) is 0 Å². The maximum absolute atomic E-state index is 10.7. The molecule has 1 aliphatic rings. The molecule has 0 atom stereocenters. The first-order valence-electron chi connectivity index (χ1n) is 7.22. The van der Waals surface area contributed by atoms with Crippen LogP contribution in [0.2, 0.25) is 0 Å². The minimum atomic E-state index is -0.484. The molecule has 0 saturated heterocycles. The number of rotatable bonds is 6. The molecule has 0 radical (unpaired) electrons. The molecule has 22 heavy (non-hydrogen) atoms. The van der Waals surface area contributed by atoms with Gasteiger partial charge in [-0.2, -0.15) is 4.99 Å². The highest BCUT2D eigenvalue weighted by molar-refractivity contribution is 5.53. The molecule has 0 spiro atoms. The summed E-state index contributed by atoms with van der Waals surface area (Å²) in [6, 6.07) is 15.6. The Morgan fingerprint density at radius 1 is 1.14 bits per heavy atom. The zero-order valence-electron chi connectivity index (χ0n) is 12.4. The van der Waals surface area contributed by atoms with E-state index in [0.717, 1.165) is 24.0 Å². The van der Waals surface area contributed by atoms with Crippen LogP contribution in [0, 0.1) is 0 Å². The van der Waals surface area contributed by atoms with Crippen LogP contribution >= 0.6 is 0 Å². The summed E-state index contributed by atoms with van der Waals surface area (Å²) in [5.41, 5.74) is 1.48. The van der Waals surface area contributed by atoms with Crippen LogP contribution in [0.25, 0.3) is 0 Å². The topological polar surface area (TPSA) is 47.9 Å². The van der Waals surface area contributed by atoms with Crippen LogP contribution in [0.15, 0.2) is 53.5 Å². The quantitative estimate of drug-likeness (QED) is 0.604. The molecule has 3 rings (SSSR count). The third kappa shape index (κ3) is 2.74. The summed E-state index contributed by atoms with van der Waals surface area (Å²) in [7, 11) is 1.61. The van der Waals surface area contributed by atoms with E-state index in [4.69, 9.17) is 9.47 Å². The van der Waals surface area contributed by atoms with Gasteiger partial charge in [-0.3, -0.25) is 0 Å². The Balaban J connectivity index is 1.93. The SMILES string of the molecule is COc1cccc(C2(N=C=O)CC2)c1OCc1ccccc1. The van der Waals surface area contributed by atoms with Crippen LogP contribution in [0.3, 0.4) is 0 Å². The van der Waals surface area contributed by atoms with Crippen molar-refractivity contribution in [3.8, 4) is 11.5 Å². The van der Waals surface area contributed by atoms with Crippen LogP contribution in [0.1, 0.15) is 24.0 Å². The highest BCUT2D eigenvalue weighted by Gasteiger charge is 2.47. The van der Waals surface area contributed by atoms with E-state index in [1.807, 2.05) is 48.5 Å². The second-order valence-electron chi connectivity index (χ2n) is 5.35. The first kappa shape index (κ1) is 14.4. The van der Waals surface area contributed by atoms with E-state index in [2.05, 4.69) is 4.99 Å². The number of methoxy groups -OCH3 is 1. The number of benzene rings is 2. The van der Waals surface area contributed by atoms with E-state index in [0.29, 0.717) is 18.1 Å². The van der Waals surface area contributed by atoms with Crippen molar-refractivity contribution < 1.29 is 14.3 Å². The lowest BCUT2D eigenvalue weighted by atomic mass is 10.0. The second kappa shape index (κ2) is 6.04. The highest BCUT2D eigenvalue weighted by atomic mass is 16.5. The number of carbonyl (C=O) groups excluding carboxylic acids is 1. The summed E-state index contributed by atoms with van der Waals surface area (Å²) in [5, 5.41) is 0. The fourth-order valence-corrected chi connectivity index (χ4v) is 2.57. The molecule has 1 fully saturated rings.